The van der Waals surface area contributed by atoms with Crippen molar-refractivity contribution in [2.24, 2.45) is 0 Å². The van der Waals surface area contributed by atoms with Gasteiger partial charge in [-0.2, -0.15) is 0 Å². The molecule has 1 amide bonds. The van der Waals surface area contributed by atoms with Crippen molar-refractivity contribution in [1.29, 1.82) is 0 Å². The maximum atomic E-state index is 12.6. The van der Waals surface area contributed by atoms with Gasteiger partial charge in [-0.1, -0.05) is 18.2 Å². The molecule has 1 saturated heterocycles. The van der Waals surface area contributed by atoms with E-state index in [0.29, 0.717) is 26.2 Å². The molecule has 5 nitrogen and oxygen atoms in total. The summed E-state index contributed by atoms with van der Waals surface area (Å²) in [5, 5.41) is 11.7. The van der Waals surface area contributed by atoms with E-state index < -0.39 is 5.97 Å². The number of thiophene rings is 1. The van der Waals surface area contributed by atoms with E-state index in [0.717, 1.165) is 15.6 Å². The Kier molecular flexibility index (Phi) is 3.90. The lowest BCUT2D eigenvalue weighted by Crippen LogP contribution is -2.49. The van der Waals surface area contributed by atoms with Gasteiger partial charge in [0.25, 0.3) is 5.91 Å². The van der Waals surface area contributed by atoms with E-state index in [9.17, 15) is 9.59 Å². The van der Waals surface area contributed by atoms with Gasteiger partial charge in [-0.3, -0.25) is 14.5 Å². The zero-order chi connectivity index (χ0) is 14.8. The zero-order valence-electron chi connectivity index (χ0n) is 11.5. The first-order chi connectivity index (χ1) is 10.1. The summed E-state index contributed by atoms with van der Waals surface area (Å²) in [4.78, 5) is 27.0. The fourth-order valence-electron chi connectivity index (χ4n) is 2.61. The van der Waals surface area contributed by atoms with Crippen molar-refractivity contribution in [1.82, 2.24) is 9.80 Å². The van der Waals surface area contributed by atoms with Crippen molar-refractivity contribution in [3.8, 4) is 0 Å². The fraction of sp³-hybridized carbons (Fsp3) is 0.333. The quantitative estimate of drug-likeness (QED) is 0.938. The van der Waals surface area contributed by atoms with Crippen LogP contribution in [-0.2, 0) is 4.79 Å². The van der Waals surface area contributed by atoms with Crippen molar-refractivity contribution in [2.75, 3.05) is 32.7 Å². The highest BCUT2D eigenvalue weighted by Crippen LogP contribution is 2.26. The molecule has 6 heteroatoms. The summed E-state index contributed by atoms with van der Waals surface area (Å²) in [5.41, 5.74) is 0.752. The van der Waals surface area contributed by atoms with Gasteiger partial charge in [0.1, 0.15) is 0 Å². The molecule has 2 heterocycles. The number of aliphatic carboxylic acids is 1. The van der Waals surface area contributed by atoms with Gasteiger partial charge in [0.05, 0.1) is 12.1 Å². The molecule has 1 aliphatic rings. The Balaban J connectivity index is 1.71. The van der Waals surface area contributed by atoms with Crippen LogP contribution < -0.4 is 0 Å². The second kappa shape index (κ2) is 5.83. The number of piperazine rings is 1. The first-order valence-electron chi connectivity index (χ1n) is 6.85. The van der Waals surface area contributed by atoms with Gasteiger partial charge in [-0.05, 0) is 6.07 Å². The minimum Gasteiger partial charge on any atom is -0.480 e. The fourth-order valence-corrected chi connectivity index (χ4v) is 3.55. The van der Waals surface area contributed by atoms with E-state index in [1.54, 1.807) is 11.3 Å². The molecule has 0 unspecified atom stereocenters. The topological polar surface area (TPSA) is 60.9 Å². The average Bonchev–Trinajstić information content (AvgIpc) is 2.90. The van der Waals surface area contributed by atoms with E-state index in [1.807, 2.05) is 39.4 Å². The molecule has 1 aromatic carbocycles. The lowest BCUT2D eigenvalue weighted by atomic mass is 10.1. The van der Waals surface area contributed by atoms with E-state index in [2.05, 4.69) is 0 Å². The molecule has 0 aliphatic carbocycles. The lowest BCUT2D eigenvalue weighted by molar-refractivity contribution is -0.138. The summed E-state index contributed by atoms with van der Waals surface area (Å²) in [7, 11) is 0. The molecular weight excluding hydrogens is 288 g/mol. The van der Waals surface area contributed by atoms with Crippen molar-refractivity contribution < 1.29 is 14.7 Å². The van der Waals surface area contributed by atoms with Gasteiger partial charge >= 0.3 is 5.97 Å². The number of benzene rings is 1. The summed E-state index contributed by atoms with van der Waals surface area (Å²) in [6.07, 6.45) is 0. The molecular formula is C15H16N2O3S. The van der Waals surface area contributed by atoms with Crippen LogP contribution in [0.5, 0.6) is 0 Å². The Bertz CT molecular complexity index is 674. The Morgan fingerprint density at radius 3 is 2.57 bits per heavy atom. The van der Waals surface area contributed by atoms with Crippen LogP contribution in [0.15, 0.2) is 29.6 Å². The van der Waals surface area contributed by atoms with Crippen molar-refractivity contribution in [2.45, 2.75) is 0 Å². The minimum absolute atomic E-state index is 0.0439. The predicted octanol–water partition coefficient (Wildman–Crippen LogP) is 1.74. The van der Waals surface area contributed by atoms with Gasteiger partial charge in [-0.15, -0.1) is 11.3 Å². The Labute approximate surface area is 126 Å². The van der Waals surface area contributed by atoms with Crippen LogP contribution in [0.4, 0.5) is 0 Å². The molecule has 0 saturated carbocycles. The largest absolute Gasteiger partial charge is 0.480 e. The third-order valence-corrected chi connectivity index (χ3v) is 4.69. The Morgan fingerprint density at radius 2 is 1.86 bits per heavy atom. The number of carboxylic acid groups (broad SMARTS) is 1. The summed E-state index contributed by atoms with van der Waals surface area (Å²) >= 11 is 1.58. The van der Waals surface area contributed by atoms with Gasteiger partial charge in [0, 0.05) is 41.6 Å². The third-order valence-electron chi connectivity index (χ3n) is 3.73. The molecule has 0 radical (unpaired) electrons. The second-order valence-corrected chi connectivity index (χ2v) is 6.02. The SMILES string of the molecule is O=C(O)CN1CCN(C(=O)c2csc3ccccc23)CC1. The molecule has 0 atom stereocenters. The first kappa shape index (κ1) is 14.0. The molecule has 1 N–H and O–H groups in total. The van der Waals surface area contributed by atoms with Crippen LogP contribution in [0, 0.1) is 0 Å². The molecule has 1 aromatic heterocycles. The Hall–Kier alpha value is -1.92. The smallest absolute Gasteiger partial charge is 0.317 e. The van der Waals surface area contributed by atoms with E-state index >= 15 is 0 Å². The summed E-state index contributed by atoms with van der Waals surface area (Å²) in [5.74, 6) is -0.777. The maximum Gasteiger partial charge on any atom is 0.317 e. The Morgan fingerprint density at radius 1 is 1.14 bits per heavy atom. The predicted molar refractivity (Wildman–Crippen MR) is 81.8 cm³/mol. The molecule has 2 aromatic rings. The highest BCUT2D eigenvalue weighted by molar-refractivity contribution is 7.17. The molecule has 110 valence electrons. The molecule has 3 rings (SSSR count). The number of fused-ring (bicyclic) bond motifs is 1. The maximum absolute atomic E-state index is 12.6. The van der Waals surface area contributed by atoms with Crippen LogP contribution in [0.2, 0.25) is 0 Å². The highest BCUT2D eigenvalue weighted by Gasteiger charge is 2.24. The number of nitrogens with zero attached hydrogens (tertiary/aromatic N) is 2. The summed E-state index contributed by atoms with van der Waals surface area (Å²) in [6.45, 7) is 2.43. The number of carbonyl (C=O) groups excluding carboxylic acids is 1. The number of amides is 1. The van der Waals surface area contributed by atoms with Gasteiger partial charge in [-0.25, -0.2) is 0 Å². The number of hydrogen-bond donors (Lipinski definition) is 1. The number of rotatable bonds is 3. The third kappa shape index (κ3) is 2.91. The van der Waals surface area contributed by atoms with Crippen molar-refractivity contribution >= 4 is 33.3 Å². The average molecular weight is 304 g/mol. The molecule has 21 heavy (non-hydrogen) atoms. The minimum atomic E-state index is -0.821. The molecule has 0 bridgehead atoms. The molecule has 1 aliphatic heterocycles. The number of carboxylic acids is 1. The monoisotopic (exact) mass is 304 g/mol. The van der Waals surface area contributed by atoms with Crippen LogP contribution in [0.1, 0.15) is 10.4 Å². The normalized spacial score (nSPS) is 16.3. The van der Waals surface area contributed by atoms with Gasteiger partial charge in [0.15, 0.2) is 0 Å². The van der Waals surface area contributed by atoms with Gasteiger partial charge < -0.3 is 10.0 Å². The lowest BCUT2D eigenvalue weighted by Gasteiger charge is -2.33. The van der Waals surface area contributed by atoms with Gasteiger partial charge in [0.2, 0.25) is 0 Å². The molecule has 1 fully saturated rings. The van der Waals surface area contributed by atoms with Crippen molar-refractivity contribution in [3.63, 3.8) is 0 Å². The van der Waals surface area contributed by atoms with E-state index in [-0.39, 0.29) is 12.5 Å². The first-order valence-corrected chi connectivity index (χ1v) is 7.73. The number of carbonyl (C=O) groups is 2. The standard InChI is InChI=1S/C15H16N2O3S/c18-14(19)9-16-5-7-17(8-6-16)15(20)12-10-21-13-4-2-1-3-11(12)13/h1-4,10H,5-9H2,(H,18,19). The van der Waals surface area contributed by atoms with Crippen LogP contribution in [0.3, 0.4) is 0 Å². The molecule has 0 spiro atoms. The van der Waals surface area contributed by atoms with Crippen LogP contribution in [-0.4, -0.2) is 59.5 Å². The van der Waals surface area contributed by atoms with Crippen LogP contribution in [0.25, 0.3) is 10.1 Å². The summed E-state index contributed by atoms with van der Waals surface area (Å²) in [6, 6.07) is 7.90. The van der Waals surface area contributed by atoms with E-state index in [1.165, 1.54) is 0 Å². The summed E-state index contributed by atoms with van der Waals surface area (Å²) < 4.78 is 1.12. The second-order valence-electron chi connectivity index (χ2n) is 5.11. The van der Waals surface area contributed by atoms with Crippen LogP contribution >= 0.6 is 11.3 Å². The highest BCUT2D eigenvalue weighted by atomic mass is 32.1. The van der Waals surface area contributed by atoms with Crippen molar-refractivity contribution in [3.05, 3.63) is 35.2 Å². The number of hydrogen-bond acceptors (Lipinski definition) is 4. The zero-order valence-corrected chi connectivity index (χ0v) is 12.3. The van der Waals surface area contributed by atoms with E-state index in [4.69, 9.17) is 5.11 Å².